The van der Waals surface area contributed by atoms with Crippen LogP contribution in [-0.2, 0) is 12.6 Å². The van der Waals surface area contributed by atoms with E-state index in [4.69, 9.17) is 16.7 Å². The molecular weight excluding hydrogens is 399 g/mol. The molecule has 1 N–H and O–H groups in total. The predicted molar refractivity (Wildman–Crippen MR) is 110 cm³/mol. The average molecular weight is 420 g/mol. The molecule has 0 spiro atoms. The summed E-state index contributed by atoms with van der Waals surface area (Å²) in [6, 6.07) is 9.99. The number of benzene rings is 2. The molecule has 7 heteroatoms. The van der Waals surface area contributed by atoms with Crippen LogP contribution in [0.4, 0.5) is 19.0 Å². The number of anilines is 1. The Kier molecular flexibility index (Phi) is 5.07. The third kappa shape index (κ3) is 3.62. The van der Waals surface area contributed by atoms with Crippen molar-refractivity contribution in [2.75, 3.05) is 11.9 Å². The van der Waals surface area contributed by atoms with Gasteiger partial charge >= 0.3 is 6.18 Å². The van der Waals surface area contributed by atoms with Gasteiger partial charge in [-0.1, -0.05) is 29.8 Å². The summed E-state index contributed by atoms with van der Waals surface area (Å²) < 4.78 is 42.0. The van der Waals surface area contributed by atoms with Gasteiger partial charge in [0.1, 0.15) is 5.82 Å². The van der Waals surface area contributed by atoms with Gasteiger partial charge in [0.25, 0.3) is 0 Å². The van der Waals surface area contributed by atoms with Crippen LogP contribution < -0.4 is 5.32 Å². The highest BCUT2D eigenvalue weighted by Crippen LogP contribution is 2.40. The average Bonchev–Trinajstić information content (AvgIpc) is 2.85. The Balaban J connectivity index is 1.94. The lowest BCUT2D eigenvalue weighted by atomic mass is 10.0. The second-order valence-electron chi connectivity index (χ2n) is 7.38. The van der Waals surface area contributed by atoms with Gasteiger partial charge < -0.3 is 5.32 Å². The molecule has 1 aliphatic heterocycles. The van der Waals surface area contributed by atoms with Crippen LogP contribution in [0.2, 0.25) is 5.02 Å². The molecule has 0 bridgehead atoms. The van der Waals surface area contributed by atoms with Gasteiger partial charge in [-0.25, -0.2) is 4.68 Å². The molecule has 29 heavy (non-hydrogen) atoms. The van der Waals surface area contributed by atoms with Crippen LogP contribution in [0, 0.1) is 13.8 Å². The van der Waals surface area contributed by atoms with Crippen molar-refractivity contribution < 1.29 is 13.2 Å². The topological polar surface area (TPSA) is 29.9 Å². The standard InChI is InChI=1S/C22H21ClF3N3/c1-13-6-5-8-19(14(13)2)29-21-16(7-3-4-11-27-21)20(28-29)15-9-10-18(23)17(12-15)22(24,25)26/h5-6,8-10,12,27H,3-4,7,11H2,1-2H3. The van der Waals surface area contributed by atoms with Gasteiger partial charge in [-0.05, 0) is 62.4 Å². The van der Waals surface area contributed by atoms with E-state index in [9.17, 15) is 13.2 Å². The van der Waals surface area contributed by atoms with E-state index in [-0.39, 0.29) is 5.02 Å². The molecule has 1 aliphatic rings. The first-order chi connectivity index (χ1) is 13.8. The second kappa shape index (κ2) is 7.41. The van der Waals surface area contributed by atoms with Crippen molar-refractivity contribution in [2.45, 2.75) is 39.3 Å². The first kappa shape index (κ1) is 19.8. The molecular formula is C22H21ClF3N3. The van der Waals surface area contributed by atoms with Crippen LogP contribution in [0.5, 0.6) is 0 Å². The highest BCUT2D eigenvalue weighted by molar-refractivity contribution is 6.31. The molecule has 1 aromatic heterocycles. The number of rotatable bonds is 2. The molecule has 0 amide bonds. The molecule has 0 unspecified atom stereocenters. The van der Waals surface area contributed by atoms with Gasteiger partial charge in [0.05, 0.1) is 22.0 Å². The van der Waals surface area contributed by atoms with Crippen LogP contribution in [-0.4, -0.2) is 16.3 Å². The number of halogens is 4. The minimum Gasteiger partial charge on any atom is -0.370 e. The van der Waals surface area contributed by atoms with Crippen LogP contribution in [0.1, 0.15) is 35.1 Å². The number of fused-ring (bicyclic) bond motifs is 1. The molecule has 0 saturated heterocycles. The fourth-order valence-corrected chi connectivity index (χ4v) is 3.99. The third-order valence-electron chi connectivity index (χ3n) is 5.48. The minimum absolute atomic E-state index is 0.306. The number of nitrogens with zero attached hydrogens (tertiary/aromatic N) is 2. The number of aryl methyl sites for hydroxylation is 1. The highest BCUT2D eigenvalue weighted by Gasteiger charge is 2.34. The maximum Gasteiger partial charge on any atom is 0.417 e. The Labute approximate surface area is 172 Å². The zero-order valence-electron chi connectivity index (χ0n) is 16.2. The molecule has 3 aromatic rings. The smallest absolute Gasteiger partial charge is 0.370 e. The summed E-state index contributed by atoms with van der Waals surface area (Å²) in [6.45, 7) is 4.86. The maximum atomic E-state index is 13.4. The lowest BCUT2D eigenvalue weighted by molar-refractivity contribution is -0.137. The van der Waals surface area contributed by atoms with Crippen molar-refractivity contribution in [1.82, 2.24) is 9.78 Å². The van der Waals surface area contributed by atoms with Crippen molar-refractivity contribution in [3.63, 3.8) is 0 Å². The number of hydrogen-bond acceptors (Lipinski definition) is 2. The SMILES string of the molecule is Cc1cccc(-n2nc(-c3ccc(Cl)c(C(F)(F)F)c3)c3c2NCCCC3)c1C. The normalized spacial score (nSPS) is 14.3. The van der Waals surface area contributed by atoms with E-state index < -0.39 is 11.7 Å². The molecule has 2 heterocycles. The Hall–Kier alpha value is -2.47. The summed E-state index contributed by atoms with van der Waals surface area (Å²) in [5.41, 5.74) is 4.23. The molecule has 4 rings (SSSR count). The Morgan fingerprint density at radius 2 is 1.90 bits per heavy atom. The monoisotopic (exact) mass is 419 g/mol. The molecule has 152 valence electrons. The Bertz CT molecular complexity index is 1070. The number of hydrogen-bond donors (Lipinski definition) is 1. The maximum absolute atomic E-state index is 13.4. The quantitative estimate of drug-likeness (QED) is 0.508. The van der Waals surface area contributed by atoms with Gasteiger partial charge in [-0.2, -0.15) is 18.3 Å². The lowest BCUT2D eigenvalue weighted by Crippen LogP contribution is -2.08. The van der Waals surface area contributed by atoms with Gasteiger partial charge in [-0.15, -0.1) is 0 Å². The summed E-state index contributed by atoms with van der Waals surface area (Å²) in [5, 5.41) is 7.90. The second-order valence-corrected chi connectivity index (χ2v) is 7.79. The van der Waals surface area contributed by atoms with Gasteiger partial charge in [0, 0.05) is 17.7 Å². The van der Waals surface area contributed by atoms with Crippen molar-refractivity contribution in [3.05, 3.63) is 63.7 Å². The molecule has 0 fully saturated rings. The summed E-state index contributed by atoms with van der Waals surface area (Å²) >= 11 is 5.82. The van der Waals surface area contributed by atoms with Crippen molar-refractivity contribution in [1.29, 1.82) is 0 Å². The van der Waals surface area contributed by atoms with E-state index >= 15 is 0 Å². The van der Waals surface area contributed by atoms with Gasteiger partial charge in [-0.3, -0.25) is 0 Å². The first-order valence-electron chi connectivity index (χ1n) is 9.57. The van der Waals surface area contributed by atoms with Gasteiger partial charge in [0.2, 0.25) is 0 Å². The summed E-state index contributed by atoms with van der Waals surface area (Å²) in [4.78, 5) is 0. The fourth-order valence-electron chi connectivity index (χ4n) is 3.76. The van der Waals surface area contributed by atoms with Gasteiger partial charge in [0.15, 0.2) is 0 Å². The largest absolute Gasteiger partial charge is 0.417 e. The van der Waals surface area contributed by atoms with Crippen molar-refractivity contribution in [2.24, 2.45) is 0 Å². The highest BCUT2D eigenvalue weighted by atomic mass is 35.5. The molecule has 0 aliphatic carbocycles. The molecule has 2 aromatic carbocycles. The Morgan fingerprint density at radius 3 is 2.66 bits per heavy atom. The number of alkyl halides is 3. The van der Waals surface area contributed by atoms with Crippen LogP contribution in [0.25, 0.3) is 16.9 Å². The van der Waals surface area contributed by atoms with Crippen LogP contribution >= 0.6 is 11.6 Å². The van der Waals surface area contributed by atoms with E-state index in [1.807, 2.05) is 36.7 Å². The van der Waals surface area contributed by atoms with E-state index in [1.54, 1.807) is 6.07 Å². The summed E-state index contributed by atoms with van der Waals surface area (Å²) in [7, 11) is 0. The first-order valence-corrected chi connectivity index (χ1v) is 9.94. The van der Waals surface area contributed by atoms with E-state index in [2.05, 4.69) is 5.32 Å². The zero-order valence-corrected chi connectivity index (χ0v) is 17.0. The Morgan fingerprint density at radius 1 is 1.10 bits per heavy atom. The minimum atomic E-state index is -4.52. The van der Waals surface area contributed by atoms with E-state index in [0.717, 1.165) is 60.1 Å². The van der Waals surface area contributed by atoms with Crippen LogP contribution in [0.3, 0.4) is 0 Å². The third-order valence-corrected chi connectivity index (χ3v) is 5.81. The predicted octanol–water partition coefficient (Wildman–Crippen LogP) is 6.58. The molecule has 0 saturated carbocycles. The lowest BCUT2D eigenvalue weighted by Gasteiger charge is -2.13. The van der Waals surface area contributed by atoms with Crippen molar-refractivity contribution >= 4 is 17.4 Å². The van der Waals surface area contributed by atoms with E-state index in [1.165, 1.54) is 6.07 Å². The summed E-state index contributed by atoms with van der Waals surface area (Å²) in [5.74, 6) is 0.856. The van der Waals surface area contributed by atoms with Crippen LogP contribution in [0.15, 0.2) is 36.4 Å². The molecule has 3 nitrogen and oxygen atoms in total. The van der Waals surface area contributed by atoms with Crippen molar-refractivity contribution in [3.8, 4) is 16.9 Å². The fraction of sp³-hybridized carbons (Fsp3) is 0.318. The number of aromatic nitrogens is 2. The molecule has 0 radical (unpaired) electrons. The molecule has 0 atom stereocenters. The van der Waals surface area contributed by atoms with E-state index in [0.29, 0.717) is 11.3 Å². The number of nitrogens with one attached hydrogen (secondary N) is 1. The summed E-state index contributed by atoms with van der Waals surface area (Å²) in [6.07, 6.45) is -1.81. The zero-order chi connectivity index (χ0) is 20.8.